The lowest BCUT2D eigenvalue weighted by molar-refractivity contribution is 0.237. The standard InChI is InChI=1S/C23H27N7O2.C12H15N3O3.C11H13ClN4O.C6H3Cl2N3.C5H11NO/c1-15-9-18(10-20(32-3)16(15)2)29-12-21(24-14-29)25-23-26-22(19-5-4-7-30(19)27-23)28-8-6-17(11-28)13-31;1-16-9-4-8(15-6-11(13)14-7-15)5-10(17-2)12(9)18-3;12-11-13-10(9-2-1-4-16(9)14-11)15-5-3-8(6-15)7-17;7-5-4-2-1-3-11(4)10-6(8)9-5;7-4-5-1-2-6-3-5/h4-5,7,9-10,12,14,17,31H,6,8,11,13H2,1-3H3,(H,25,27);4-7H,13H2,1-3H3;1-2,4,8,17H,3,5-7H2;1-3H;5-7H,1-4H2/t17-;;8-;;5-/m1.1.1/s1. The summed E-state index contributed by atoms with van der Waals surface area (Å²) in [6, 6.07) is 19.2. The second kappa shape index (κ2) is 28.6. The van der Waals surface area contributed by atoms with E-state index in [1.165, 1.54) is 0 Å². The molecule has 0 aliphatic carbocycles. The number of hydrogen-bond acceptors (Lipinski definition) is 20. The van der Waals surface area contributed by atoms with Crippen molar-refractivity contribution in [2.45, 2.75) is 33.1 Å². The van der Waals surface area contributed by atoms with Crippen LogP contribution in [0.15, 0.2) is 104 Å². The molecule has 2 aromatic carbocycles. The highest BCUT2D eigenvalue weighted by Crippen LogP contribution is 2.39. The van der Waals surface area contributed by atoms with Crippen molar-refractivity contribution in [3.63, 3.8) is 0 Å². The lowest BCUT2D eigenvalue weighted by atomic mass is 10.1. The van der Waals surface area contributed by atoms with Crippen LogP contribution >= 0.6 is 34.8 Å². The van der Waals surface area contributed by atoms with E-state index in [1.54, 1.807) is 67.1 Å². The molecule has 0 amide bonds. The van der Waals surface area contributed by atoms with Crippen LogP contribution in [0.2, 0.25) is 15.7 Å². The van der Waals surface area contributed by atoms with Gasteiger partial charge in [-0.1, -0.05) is 11.6 Å². The Balaban J connectivity index is 0.000000139. The Bertz CT molecular complexity index is 3780. The summed E-state index contributed by atoms with van der Waals surface area (Å²) in [4.78, 5) is 25.7. The van der Waals surface area contributed by atoms with Gasteiger partial charge in [0.15, 0.2) is 34.1 Å². The zero-order chi connectivity index (χ0) is 60.1. The normalized spacial score (nSPS) is 16.3. The third kappa shape index (κ3) is 14.9. The fourth-order valence-electron chi connectivity index (χ4n) is 9.93. The van der Waals surface area contributed by atoms with E-state index in [0.29, 0.717) is 58.4 Å². The van der Waals surface area contributed by atoms with E-state index in [4.69, 9.17) is 74.7 Å². The van der Waals surface area contributed by atoms with Crippen molar-refractivity contribution in [2.24, 2.45) is 17.8 Å². The van der Waals surface area contributed by atoms with Crippen molar-refractivity contribution >= 4 is 80.6 Å². The summed E-state index contributed by atoms with van der Waals surface area (Å²) in [6.45, 7) is 10.4. The maximum atomic E-state index is 9.52. The molecule has 13 rings (SSSR count). The molecular weight excluding hydrogens is 1160 g/mol. The topological polar surface area (TPSA) is 280 Å². The molecule has 3 fully saturated rings. The number of nitrogens with zero attached hydrogens (tertiary/aromatic N) is 15. The summed E-state index contributed by atoms with van der Waals surface area (Å²) in [7, 11) is 6.39. The predicted molar refractivity (Wildman–Crippen MR) is 327 cm³/mol. The Labute approximate surface area is 505 Å². The molecule has 0 spiro atoms. The van der Waals surface area contributed by atoms with E-state index >= 15 is 0 Å². The number of halogens is 3. The second-order valence-electron chi connectivity index (χ2n) is 20.2. The first-order valence-electron chi connectivity index (χ1n) is 27.4. The van der Waals surface area contributed by atoms with Gasteiger partial charge in [0.05, 0.1) is 52.2 Å². The van der Waals surface area contributed by atoms with E-state index < -0.39 is 0 Å². The van der Waals surface area contributed by atoms with E-state index in [2.05, 4.69) is 68.7 Å². The smallest absolute Gasteiger partial charge is 0.248 e. The molecule has 28 heteroatoms. The van der Waals surface area contributed by atoms with Crippen LogP contribution in [-0.2, 0) is 0 Å². The van der Waals surface area contributed by atoms with Gasteiger partial charge < -0.3 is 69.6 Å². The van der Waals surface area contributed by atoms with Crippen LogP contribution in [0.25, 0.3) is 27.9 Å². The second-order valence-corrected chi connectivity index (χ2v) is 21.3. The Hall–Kier alpha value is -8.17. The van der Waals surface area contributed by atoms with Crippen LogP contribution in [0.1, 0.15) is 30.4 Å². The van der Waals surface area contributed by atoms with Crippen LogP contribution in [0, 0.1) is 31.6 Å². The maximum absolute atomic E-state index is 9.52. The minimum Gasteiger partial charge on any atom is -0.496 e. The highest BCUT2D eigenvalue weighted by molar-refractivity contribution is 6.34. The van der Waals surface area contributed by atoms with Crippen molar-refractivity contribution in [2.75, 3.05) is 108 Å². The van der Waals surface area contributed by atoms with E-state index in [1.807, 2.05) is 89.2 Å². The molecule has 0 saturated carbocycles. The number of methoxy groups -OCH3 is 4. The number of anilines is 5. The quantitative estimate of drug-likeness (QED) is 0.0655. The van der Waals surface area contributed by atoms with Crippen LogP contribution in [0.4, 0.5) is 29.2 Å². The summed E-state index contributed by atoms with van der Waals surface area (Å²) in [5.41, 5.74) is 12.3. The minimum absolute atomic E-state index is 0.152. The van der Waals surface area contributed by atoms with Gasteiger partial charge in [-0.15, -0.1) is 15.3 Å². The number of imidazole rings is 2. The number of benzene rings is 2. The third-order valence-electron chi connectivity index (χ3n) is 14.6. The monoisotopic (exact) mass is 1220 g/mol. The Morgan fingerprint density at radius 3 is 1.68 bits per heavy atom. The number of nitrogen functional groups attached to an aromatic ring is 1. The van der Waals surface area contributed by atoms with E-state index in [9.17, 15) is 5.11 Å². The third-order valence-corrected chi connectivity index (χ3v) is 15.2. The van der Waals surface area contributed by atoms with Crippen molar-refractivity contribution in [3.8, 4) is 34.4 Å². The first-order valence-corrected chi connectivity index (χ1v) is 28.5. The molecule has 0 unspecified atom stereocenters. The number of hydrogen-bond donors (Lipinski definition) is 6. The molecule has 3 atom stereocenters. The highest BCUT2D eigenvalue weighted by Gasteiger charge is 2.27. The van der Waals surface area contributed by atoms with Gasteiger partial charge in [-0.25, -0.2) is 28.5 Å². The van der Waals surface area contributed by atoms with Gasteiger partial charge in [-0.2, -0.15) is 9.97 Å². The molecule has 3 aliphatic heterocycles. The highest BCUT2D eigenvalue weighted by atomic mass is 35.5. The molecule has 25 nitrogen and oxygen atoms in total. The summed E-state index contributed by atoms with van der Waals surface area (Å²) >= 11 is 17.2. The minimum atomic E-state index is 0.152. The Morgan fingerprint density at radius 1 is 0.624 bits per heavy atom. The van der Waals surface area contributed by atoms with Gasteiger partial charge >= 0.3 is 0 Å². The van der Waals surface area contributed by atoms with Crippen LogP contribution < -0.4 is 45.1 Å². The van der Waals surface area contributed by atoms with Crippen LogP contribution in [-0.4, -0.2) is 166 Å². The molecule has 0 radical (unpaired) electrons. The zero-order valence-electron chi connectivity index (χ0n) is 47.9. The van der Waals surface area contributed by atoms with Crippen molar-refractivity contribution < 1.29 is 34.3 Å². The van der Waals surface area contributed by atoms with E-state index in [0.717, 1.165) is 115 Å². The molecule has 0 bridgehead atoms. The van der Waals surface area contributed by atoms with Gasteiger partial charge in [-0.05, 0) is 122 Å². The fourth-order valence-corrected chi connectivity index (χ4v) is 10.5. The number of fused-ring (bicyclic) bond motifs is 3. The average molecular weight is 1220 g/mol. The van der Waals surface area contributed by atoms with Gasteiger partial charge in [0.25, 0.3) is 0 Å². The fraction of sp³-hybridized carbons (Fsp3) is 0.368. The Morgan fingerprint density at radius 2 is 1.15 bits per heavy atom. The maximum Gasteiger partial charge on any atom is 0.248 e. The SMILES string of the molecule is COc1cc(-n2cnc(N)c2)cc(OC)c1OC.COc1cc(-n2cnc(Nc3nc(N4CC[C@@H](CO)C4)c4cccn4n3)c2)cc(C)c1C.Clc1nc(Cl)c2cccn2n1.OC[C@@H]1CCN(c2nc(Cl)nn3cccc23)C1.OC[C@@H]1CCNC1. The van der Waals surface area contributed by atoms with Crippen molar-refractivity contribution in [1.82, 2.24) is 68.2 Å². The molecule has 450 valence electrons. The average Bonchev–Trinajstić information content (AvgIpc) is 4.52. The number of nitrogens with two attached hydrogens (primary N) is 1. The molecule has 11 heterocycles. The summed E-state index contributed by atoms with van der Waals surface area (Å²) < 4.78 is 30.2. The zero-order valence-corrected chi connectivity index (χ0v) is 50.2. The first-order chi connectivity index (χ1) is 41.2. The largest absolute Gasteiger partial charge is 0.496 e. The summed E-state index contributed by atoms with van der Waals surface area (Å²) in [5, 5.41) is 47.0. The van der Waals surface area contributed by atoms with Gasteiger partial charge in [0, 0.05) is 101 Å². The van der Waals surface area contributed by atoms with Crippen LogP contribution in [0.5, 0.6) is 23.0 Å². The summed E-state index contributed by atoms with van der Waals surface area (Å²) in [5.74, 6) is 7.00. The number of ether oxygens (including phenoxy) is 4. The lowest BCUT2D eigenvalue weighted by Gasteiger charge is -2.19. The van der Waals surface area contributed by atoms with Crippen molar-refractivity contribution in [1.29, 1.82) is 0 Å². The van der Waals surface area contributed by atoms with Crippen molar-refractivity contribution in [3.05, 3.63) is 131 Å². The van der Waals surface area contributed by atoms with Crippen LogP contribution in [0.3, 0.4) is 0 Å². The number of nitrogens with one attached hydrogen (secondary N) is 2. The van der Waals surface area contributed by atoms with Gasteiger partial charge in [-0.3, -0.25) is 0 Å². The van der Waals surface area contributed by atoms with Gasteiger partial charge in [0.2, 0.25) is 22.3 Å². The number of aliphatic hydroxyl groups excluding tert-OH is 3. The van der Waals surface area contributed by atoms with Gasteiger partial charge in [0.1, 0.15) is 40.8 Å². The first kappa shape index (κ1) is 61.4. The molecule has 3 saturated heterocycles. The van der Waals surface area contributed by atoms with E-state index in [-0.39, 0.29) is 29.7 Å². The molecule has 10 aromatic rings. The molecular formula is C57H69Cl3N18O7. The number of rotatable bonds is 13. The Kier molecular flexibility index (Phi) is 20.7. The number of aliphatic hydroxyl groups is 3. The number of aromatic nitrogens is 13. The molecule has 8 aromatic heterocycles. The molecule has 3 aliphatic rings. The lowest BCUT2D eigenvalue weighted by Crippen LogP contribution is -2.23. The molecule has 7 N–H and O–H groups in total. The number of aryl methyl sites for hydroxylation is 1. The predicted octanol–water partition coefficient (Wildman–Crippen LogP) is 7.41. The summed E-state index contributed by atoms with van der Waals surface area (Å²) in [6.07, 6.45) is 15.6. The molecule has 85 heavy (non-hydrogen) atoms.